The second-order valence-electron chi connectivity index (χ2n) is 4.70. The van der Waals surface area contributed by atoms with E-state index in [-0.39, 0.29) is 22.4 Å². The molecule has 0 radical (unpaired) electrons. The number of nitrogens with one attached hydrogen (secondary N) is 1. The quantitative estimate of drug-likeness (QED) is 0.618. The lowest BCUT2D eigenvalue weighted by Crippen LogP contribution is -2.21. The molecule has 0 amide bonds. The van der Waals surface area contributed by atoms with Gasteiger partial charge in [-0.1, -0.05) is 13.8 Å². The summed E-state index contributed by atoms with van der Waals surface area (Å²) < 4.78 is 13.4. The molecule has 2 N–H and O–H groups in total. The Morgan fingerprint density at radius 2 is 2.16 bits per heavy atom. The third-order valence-corrected chi connectivity index (χ3v) is 3.11. The largest absolute Gasteiger partial charge is 0.391 e. The van der Waals surface area contributed by atoms with Gasteiger partial charge in [-0.3, -0.25) is 10.1 Å². The number of benzene rings is 1. The zero-order valence-corrected chi connectivity index (χ0v) is 12.3. The molecule has 0 aliphatic rings. The summed E-state index contributed by atoms with van der Waals surface area (Å²) in [6.45, 7) is 4.07. The maximum Gasteiger partial charge on any atom is 0.293 e. The number of rotatable bonds is 6. The fraction of sp³-hybridized carbons (Fsp3) is 0.500. The highest BCUT2D eigenvalue weighted by Gasteiger charge is 2.18. The van der Waals surface area contributed by atoms with E-state index in [1.807, 2.05) is 13.8 Å². The van der Waals surface area contributed by atoms with Crippen LogP contribution < -0.4 is 5.32 Å². The Labute approximate surface area is 119 Å². The molecule has 7 heteroatoms. The van der Waals surface area contributed by atoms with Gasteiger partial charge in [0.25, 0.3) is 5.69 Å². The van der Waals surface area contributed by atoms with Crippen molar-refractivity contribution >= 4 is 27.3 Å². The minimum absolute atomic E-state index is 0.0347. The Balaban J connectivity index is 2.82. The second kappa shape index (κ2) is 6.81. The first-order valence-electron chi connectivity index (χ1n) is 5.86. The van der Waals surface area contributed by atoms with Gasteiger partial charge in [-0.05, 0) is 28.3 Å². The standard InChI is InChI=1S/C12H16BrFN2O3/c1-7(2)3-8(17)6-15-11-5-10(14)9(13)4-12(11)16(18)19/h4-5,7-8,15,17H,3,6H2,1-2H3. The summed E-state index contributed by atoms with van der Waals surface area (Å²) in [7, 11) is 0. The molecule has 0 bridgehead atoms. The molecule has 5 nitrogen and oxygen atoms in total. The van der Waals surface area contributed by atoms with Crippen molar-refractivity contribution in [3.8, 4) is 0 Å². The van der Waals surface area contributed by atoms with E-state index in [0.717, 1.165) is 12.1 Å². The van der Waals surface area contributed by atoms with E-state index in [0.29, 0.717) is 12.3 Å². The number of halogens is 2. The molecule has 1 rings (SSSR count). The van der Waals surface area contributed by atoms with Gasteiger partial charge in [0.05, 0.1) is 15.5 Å². The van der Waals surface area contributed by atoms with Crippen LogP contribution in [-0.4, -0.2) is 22.7 Å². The van der Waals surface area contributed by atoms with E-state index >= 15 is 0 Å². The number of aliphatic hydroxyl groups excluding tert-OH is 1. The third kappa shape index (κ3) is 4.76. The Bertz CT molecular complexity index is 469. The molecule has 19 heavy (non-hydrogen) atoms. The van der Waals surface area contributed by atoms with Crippen LogP contribution in [0, 0.1) is 21.8 Å². The Hall–Kier alpha value is -1.21. The maximum absolute atomic E-state index is 13.4. The number of hydrogen-bond acceptors (Lipinski definition) is 4. The molecule has 1 unspecified atom stereocenters. The van der Waals surface area contributed by atoms with Gasteiger partial charge in [-0.2, -0.15) is 0 Å². The van der Waals surface area contributed by atoms with Gasteiger partial charge in [0, 0.05) is 18.7 Å². The molecule has 0 aliphatic carbocycles. The van der Waals surface area contributed by atoms with Crippen LogP contribution >= 0.6 is 15.9 Å². The van der Waals surface area contributed by atoms with Crippen molar-refractivity contribution in [2.45, 2.75) is 26.4 Å². The topological polar surface area (TPSA) is 75.4 Å². The van der Waals surface area contributed by atoms with Crippen molar-refractivity contribution in [1.29, 1.82) is 0 Å². The molecule has 0 saturated heterocycles. The predicted molar refractivity (Wildman–Crippen MR) is 74.7 cm³/mol. The van der Waals surface area contributed by atoms with Gasteiger partial charge in [0.15, 0.2) is 0 Å². The molecule has 0 fully saturated rings. The zero-order valence-electron chi connectivity index (χ0n) is 10.7. The lowest BCUT2D eigenvalue weighted by Gasteiger charge is -2.15. The molecule has 1 aromatic rings. The summed E-state index contributed by atoms with van der Waals surface area (Å²) in [5.41, 5.74) is -0.168. The summed E-state index contributed by atoms with van der Waals surface area (Å²) in [4.78, 5) is 10.3. The van der Waals surface area contributed by atoms with Crippen molar-refractivity contribution in [1.82, 2.24) is 0 Å². The van der Waals surface area contributed by atoms with Crippen molar-refractivity contribution < 1.29 is 14.4 Å². The fourth-order valence-electron chi connectivity index (χ4n) is 1.68. The van der Waals surface area contributed by atoms with E-state index in [1.54, 1.807) is 0 Å². The van der Waals surface area contributed by atoms with Crippen LogP contribution in [0.3, 0.4) is 0 Å². The average molecular weight is 335 g/mol. The Kier molecular flexibility index (Phi) is 5.68. The summed E-state index contributed by atoms with van der Waals surface area (Å²) >= 11 is 2.90. The predicted octanol–water partition coefficient (Wildman–Crippen LogP) is 3.32. The molecular weight excluding hydrogens is 319 g/mol. The molecule has 106 valence electrons. The molecule has 1 atom stereocenters. The minimum atomic E-state index is -0.633. The third-order valence-electron chi connectivity index (χ3n) is 2.51. The van der Waals surface area contributed by atoms with E-state index in [2.05, 4.69) is 21.2 Å². The lowest BCUT2D eigenvalue weighted by molar-refractivity contribution is -0.384. The molecular formula is C12H16BrFN2O3. The lowest BCUT2D eigenvalue weighted by atomic mass is 10.1. The van der Waals surface area contributed by atoms with E-state index in [9.17, 15) is 19.6 Å². The van der Waals surface area contributed by atoms with Crippen molar-refractivity contribution in [2.75, 3.05) is 11.9 Å². The highest BCUT2D eigenvalue weighted by Crippen LogP contribution is 2.30. The van der Waals surface area contributed by atoms with E-state index < -0.39 is 16.8 Å². The Morgan fingerprint density at radius 3 is 2.68 bits per heavy atom. The summed E-state index contributed by atoms with van der Waals surface area (Å²) in [6.07, 6.45) is -0.0638. The molecule has 0 heterocycles. The molecule has 1 aromatic carbocycles. The SMILES string of the molecule is CC(C)CC(O)CNc1cc(F)c(Br)cc1[N+](=O)[O-]. The Morgan fingerprint density at radius 1 is 1.53 bits per heavy atom. The minimum Gasteiger partial charge on any atom is -0.391 e. The molecule has 0 spiro atoms. The van der Waals surface area contributed by atoms with Crippen LogP contribution in [0.2, 0.25) is 0 Å². The smallest absolute Gasteiger partial charge is 0.293 e. The highest BCUT2D eigenvalue weighted by molar-refractivity contribution is 9.10. The molecule has 0 aliphatic heterocycles. The molecule has 0 aromatic heterocycles. The number of nitrogens with zero attached hydrogens (tertiary/aromatic N) is 1. The number of anilines is 1. The van der Waals surface area contributed by atoms with E-state index in [1.165, 1.54) is 0 Å². The van der Waals surface area contributed by atoms with E-state index in [4.69, 9.17) is 0 Å². The van der Waals surface area contributed by atoms with Crippen LogP contribution in [-0.2, 0) is 0 Å². The zero-order chi connectivity index (χ0) is 14.6. The second-order valence-corrected chi connectivity index (χ2v) is 5.56. The summed E-state index contributed by atoms with van der Waals surface area (Å²) in [5.74, 6) is -0.278. The summed E-state index contributed by atoms with van der Waals surface area (Å²) in [6, 6.07) is 2.15. The number of hydrogen-bond donors (Lipinski definition) is 2. The van der Waals surface area contributed by atoms with Gasteiger partial charge in [-0.25, -0.2) is 4.39 Å². The monoisotopic (exact) mass is 334 g/mol. The van der Waals surface area contributed by atoms with Crippen molar-refractivity contribution in [3.05, 3.63) is 32.5 Å². The van der Waals surface area contributed by atoms with Crippen molar-refractivity contribution in [2.24, 2.45) is 5.92 Å². The van der Waals surface area contributed by atoms with Crippen LogP contribution in [0.1, 0.15) is 20.3 Å². The maximum atomic E-state index is 13.4. The van der Waals surface area contributed by atoms with Crippen molar-refractivity contribution in [3.63, 3.8) is 0 Å². The average Bonchev–Trinajstić information content (AvgIpc) is 2.29. The normalized spacial score (nSPS) is 12.5. The van der Waals surface area contributed by atoms with Crippen LogP contribution in [0.15, 0.2) is 16.6 Å². The van der Waals surface area contributed by atoms with Crippen LogP contribution in [0.4, 0.5) is 15.8 Å². The number of nitro benzene ring substituents is 1. The number of nitro groups is 1. The summed E-state index contributed by atoms with van der Waals surface area (Å²) in [5, 5.41) is 23.3. The fourth-order valence-corrected chi connectivity index (χ4v) is 2.02. The number of aliphatic hydroxyl groups is 1. The van der Waals surface area contributed by atoms with Crippen LogP contribution in [0.25, 0.3) is 0 Å². The van der Waals surface area contributed by atoms with Gasteiger partial charge in [0.2, 0.25) is 0 Å². The highest BCUT2D eigenvalue weighted by atomic mass is 79.9. The first kappa shape index (κ1) is 15.8. The van der Waals surface area contributed by atoms with Gasteiger partial charge in [0.1, 0.15) is 11.5 Å². The first-order valence-corrected chi connectivity index (χ1v) is 6.66. The van der Waals surface area contributed by atoms with Gasteiger partial charge >= 0.3 is 0 Å². The van der Waals surface area contributed by atoms with Gasteiger partial charge < -0.3 is 10.4 Å². The first-order chi connectivity index (χ1) is 8.81. The molecule has 0 saturated carbocycles. The van der Waals surface area contributed by atoms with Gasteiger partial charge in [-0.15, -0.1) is 0 Å². The van der Waals surface area contributed by atoms with Crippen LogP contribution in [0.5, 0.6) is 0 Å².